The standard InChI is InChI=1S/C13H24O/c1-13(2,3)12(14)11-9-7-5-4-6-8-10-11/h9,12,14H,4-8,10H2,1-3H3/b11-9+. The second-order valence-electron chi connectivity index (χ2n) is 5.50. The first-order valence-corrected chi connectivity index (χ1v) is 5.89. The average Bonchev–Trinajstić information content (AvgIpc) is 2.00. The zero-order chi connectivity index (χ0) is 10.6. The first-order valence-electron chi connectivity index (χ1n) is 5.89. The van der Waals surface area contributed by atoms with Crippen molar-refractivity contribution in [3.8, 4) is 0 Å². The smallest absolute Gasteiger partial charge is 0.0798 e. The summed E-state index contributed by atoms with van der Waals surface area (Å²) in [5, 5.41) is 10.2. The van der Waals surface area contributed by atoms with Gasteiger partial charge in [-0.15, -0.1) is 0 Å². The van der Waals surface area contributed by atoms with Crippen LogP contribution in [0.1, 0.15) is 59.3 Å². The number of aliphatic hydroxyl groups excluding tert-OH is 1. The number of aliphatic hydroxyl groups is 1. The second kappa shape index (κ2) is 4.97. The molecule has 1 heteroatoms. The lowest BCUT2D eigenvalue weighted by atomic mass is 9.81. The molecule has 0 amide bonds. The summed E-state index contributed by atoms with van der Waals surface area (Å²) in [5.74, 6) is 0. The van der Waals surface area contributed by atoms with E-state index in [1.807, 2.05) is 0 Å². The zero-order valence-corrected chi connectivity index (χ0v) is 9.84. The largest absolute Gasteiger partial charge is 0.388 e. The van der Waals surface area contributed by atoms with Crippen LogP contribution in [0.15, 0.2) is 11.6 Å². The molecule has 0 aliphatic heterocycles. The molecule has 0 fully saturated rings. The Hall–Kier alpha value is -0.300. The van der Waals surface area contributed by atoms with Crippen LogP contribution >= 0.6 is 0 Å². The summed E-state index contributed by atoms with van der Waals surface area (Å²) in [6.07, 6.45) is 9.50. The summed E-state index contributed by atoms with van der Waals surface area (Å²) in [7, 11) is 0. The van der Waals surface area contributed by atoms with E-state index in [-0.39, 0.29) is 11.5 Å². The molecular weight excluding hydrogens is 172 g/mol. The molecule has 0 aromatic heterocycles. The Labute approximate surface area is 88.2 Å². The SMILES string of the molecule is CC(C)(C)C(O)/C1=C/CCCCCC1. The maximum absolute atomic E-state index is 10.2. The van der Waals surface area contributed by atoms with E-state index >= 15 is 0 Å². The molecule has 1 atom stereocenters. The maximum Gasteiger partial charge on any atom is 0.0798 e. The lowest BCUT2D eigenvalue weighted by Crippen LogP contribution is -2.28. The van der Waals surface area contributed by atoms with Gasteiger partial charge < -0.3 is 5.11 Å². The molecule has 0 saturated carbocycles. The summed E-state index contributed by atoms with van der Waals surface area (Å²) in [5.41, 5.74) is 1.27. The van der Waals surface area contributed by atoms with Crippen LogP contribution in [0.4, 0.5) is 0 Å². The minimum Gasteiger partial charge on any atom is -0.388 e. The topological polar surface area (TPSA) is 20.2 Å². The maximum atomic E-state index is 10.2. The van der Waals surface area contributed by atoms with Crippen molar-refractivity contribution >= 4 is 0 Å². The molecule has 0 radical (unpaired) electrons. The molecule has 0 saturated heterocycles. The van der Waals surface area contributed by atoms with Gasteiger partial charge in [-0.2, -0.15) is 0 Å². The third-order valence-electron chi connectivity index (χ3n) is 3.00. The van der Waals surface area contributed by atoms with Gasteiger partial charge in [-0.3, -0.25) is 0 Å². The van der Waals surface area contributed by atoms with Gasteiger partial charge in [-0.05, 0) is 36.7 Å². The van der Waals surface area contributed by atoms with Gasteiger partial charge in [0.25, 0.3) is 0 Å². The molecule has 1 nitrogen and oxygen atoms in total. The van der Waals surface area contributed by atoms with Crippen LogP contribution in [-0.2, 0) is 0 Å². The van der Waals surface area contributed by atoms with E-state index in [2.05, 4.69) is 26.8 Å². The van der Waals surface area contributed by atoms with Crippen molar-refractivity contribution in [1.82, 2.24) is 0 Å². The van der Waals surface area contributed by atoms with E-state index < -0.39 is 0 Å². The first kappa shape index (κ1) is 11.8. The van der Waals surface area contributed by atoms with Crippen LogP contribution in [-0.4, -0.2) is 11.2 Å². The van der Waals surface area contributed by atoms with Gasteiger partial charge in [0.05, 0.1) is 6.10 Å². The molecule has 0 aromatic carbocycles. The normalized spacial score (nSPS) is 25.9. The molecule has 1 aliphatic rings. The minimum atomic E-state index is -0.249. The van der Waals surface area contributed by atoms with Crippen molar-refractivity contribution in [2.24, 2.45) is 5.41 Å². The summed E-state index contributed by atoms with van der Waals surface area (Å²) < 4.78 is 0. The number of allylic oxidation sites excluding steroid dienone is 1. The quantitative estimate of drug-likeness (QED) is 0.634. The molecule has 14 heavy (non-hydrogen) atoms. The van der Waals surface area contributed by atoms with Crippen molar-refractivity contribution in [3.63, 3.8) is 0 Å². The number of rotatable bonds is 1. The zero-order valence-electron chi connectivity index (χ0n) is 9.84. The third-order valence-corrected chi connectivity index (χ3v) is 3.00. The molecule has 1 unspecified atom stereocenters. The predicted molar refractivity (Wildman–Crippen MR) is 61.2 cm³/mol. The molecule has 0 heterocycles. The van der Waals surface area contributed by atoms with E-state index in [4.69, 9.17) is 0 Å². The lowest BCUT2D eigenvalue weighted by Gasteiger charge is -2.29. The molecule has 1 N–H and O–H groups in total. The Morgan fingerprint density at radius 2 is 1.79 bits per heavy atom. The third kappa shape index (κ3) is 3.45. The molecule has 82 valence electrons. The highest BCUT2D eigenvalue weighted by Crippen LogP contribution is 2.29. The lowest BCUT2D eigenvalue weighted by molar-refractivity contribution is 0.0908. The Balaban J connectivity index is 2.63. The van der Waals surface area contributed by atoms with Gasteiger partial charge in [-0.1, -0.05) is 39.7 Å². The fourth-order valence-electron chi connectivity index (χ4n) is 2.02. The Kier molecular flexibility index (Phi) is 4.18. The Morgan fingerprint density at radius 3 is 2.43 bits per heavy atom. The van der Waals surface area contributed by atoms with Gasteiger partial charge in [0.1, 0.15) is 0 Å². The van der Waals surface area contributed by atoms with Gasteiger partial charge >= 0.3 is 0 Å². The molecular formula is C13H24O. The van der Waals surface area contributed by atoms with Crippen LogP contribution in [0.25, 0.3) is 0 Å². The highest BCUT2D eigenvalue weighted by atomic mass is 16.3. The molecule has 1 aliphatic carbocycles. The van der Waals surface area contributed by atoms with Crippen molar-refractivity contribution in [3.05, 3.63) is 11.6 Å². The summed E-state index contributed by atoms with van der Waals surface area (Å²) in [6.45, 7) is 6.33. The number of hydrogen-bond donors (Lipinski definition) is 1. The van der Waals surface area contributed by atoms with Crippen molar-refractivity contribution in [1.29, 1.82) is 0 Å². The van der Waals surface area contributed by atoms with Crippen molar-refractivity contribution in [2.45, 2.75) is 65.4 Å². The summed E-state index contributed by atoms with van der Waals surface area (Å²) in [6, 6.07) is 0. The molecule has 0 bridgehead atoms. The predicted octanol–water partition coefficient (Wildman–Crippen LogP) is 3.67. The summed E-state index contributed by atoms with van der Waals surface area (Å²) >= 11 is 0. The van der Waals surface area contributed by atoms with Crippen LogP contribution in [0.2, 0.25) is 0 Å². The Bertz CT molecular complexity index is 198. The molecule has 1 rings (SSSR count). The highest BCUT2D eigenvalue weighted by Gasteiger charge is 2.25. The van der Waals surface area contributed by atoms with Gasteiger partial charge in [-0.25, -0.2) is 0 Å². The van der Waals surface area contributed by atoms with Gasteiger partial charge in [0.2, 0.25) is 0 Å². The highest BCUT2D eigenvalue weighted by molar-refractivity contribution is 5.11. The Morgan fingerprint density at radius 1 is 1.14 bits per heavy atom. The van der Waals surface area contributed by atoms with E-state index in [1.165, 1.54) is 31.3 Å². The van der Waals surface area contributed by atoms with E-state index in [9.17, 15) is 5.11 Å². The van der Waals surface area contributed by atoms with Crippen molar-refractivity contribution < 1.29 is 5.11 Å². The molecule has 0 aromatic rings. The monoisotopic (exact) mass is 196 g/mol. The van der Waals surface area contributed by atoms with Crippen molar-refractivity contribution in [2.75, 3.05) is 0 Å². The second-order valence-corrected chi connectivity index (χ2v) is 5.50. The molecule has 0 spiro atoms. The van der Waals surface area contributed by atoms with Crippen LogP contribution in [0, 0.1) is 5.41 Å². The van der Waals surface area contributed by atoms with E-state index in [1.54, 1.807) is 0 Å². The summed E-state index contributed by atoms with van der Waals surface area (Å²) in [4.78, 5) is 0. The number of hydrogen-bond acceptors (Lipinski definition) is 1. The van der Waals surface area contributed by atoms with Gasteiger partial charge in [0.15, 0.2) is 0 Å². The van der Waals surface area contributed by atoms with E-state index in [0.717, 1.165) is 12.8 Å². The fourth-order valence-corrected chi connectivity index (χ4v) is 2.02. The van der Waals surface area contributed by atoms with Gasteiger partial charge in [0, 0.05) is 0 Å². The van der Waals surface area contributed by atoms with E-state index in [0.29, 0.717) is 0 Å². The van der Waals surface area contributed by atoms with Crippen LogP contribution in [0.3, 0.4) is 0 Å². The minimum absolute atomic E-state index is 0.00890. The average molecular weight is 196 g/mol. The fraction of sp³-hybridized carbons (Fsp3) is 0.846. The first-order chi connectivity index (χ1) is 6.52. The van der Waals surface area contributed by atoms with Crippen LogP contribution in [0.5, 0.6) is 0 Å². The van der Waals surface area contributed by atoms with Crippen LogP contribution < -0.4 is 0 Å².